The summed E-state index contributed by atoms with van der Waals surface area (Å²) in [6, 6.07) is 16.2. The number of benzene rings is 3. The van der Waals surface area contributed by atoms with E-state index in [1.807, 2.05) is 39.8 Å². The molecule has 0 aliphatic heterocycles. The maximum atomic E-state index is 14.4. The first kappa shape index (κ1) is 33.8. The molecular formula is C34H41Cl2N3O4S. The quantitative estimate of drug-likeness (QED) is 0.233. The van der Waals surface area contributed by atoms with E-state index in [9.17, 15) is 18.0 Å². The molecule has 3 aromatic carbocycles. The molecule has 0 heterocycles. The van der Waals surface area contributed by atoms with E-state index in [1.54, 1.807) is 48.5 Å². The van der Waals surface area contributed by atoms with Gasteiger partial charge in [-0.3, -0.25) is 13.9 Å². The largest absolute Gasteiger partial charge is 0.352 e. The van der Waals surface area contributed by atoms with E-state index in [2.05, 4.69) is 5.32 Å². The standard InChI is InChI=1S/C34H41Cl2N3O4S/c1-5-31(34(41)37-28-9-7-6-8-10-28)38(21-26-14-15-27(35)20-30(26)36)33(40)22-39(32-18-13-24(3)19-25(32)4)44(42,43)29-16-11-23(2)12-17-29/h11-20,28,31H,5-10,21-22H2,1-4H3,(H,37,41)/t31-/m1/s1. The van der Waals surface area contributed by atoms with Crippen molar-refractivity contribution in [3.8, 4) is 0 Å². The van der Waals surface area contributed by atoms with Crippen LogP contribution in [0.2, 0.25) is 10.0 Å². The van der Waals surface area contributed by atoms with Gasteiger partial charge in [0.15, 0.2) is 0 Å². The van der Waals surface area contributed by atoms with Crippen LogP contribution in [0.4, 0.5) is 5.69 Å². The lowest BCUT2D eigenvalue weighted by molar-refractivity contribution is -0.140. The third-order valence-electron chi connectivity index (χ3n) is 8.20. The van der Waals surface area contributed by atoms with Gasteiger partial charge in [-0.1, -0.05) is 90.8 Å². The minimum Gasteiger partial charge on any atom is -0.352 e. The zero-order valence-corrected chi connectivity index (χ0v) is 28.1. The molecule has 0 spiro atoms. The van der Waals surface area contributed by atoms with Crippen LogP contribution in [-0.2, 0) is 26.2 Å². The molecular weight excluding hydrogens is 617 g/mol. The molecule has 0 unspecified atom stereocenters. The van der Waals surface area contributed by atoms with Crippen molar-refractivity contribution in [1.82, 2.24) is 10.2 Å². The molecule has 44 heavy (non-hydrogen) atoms. The summed E-state index contributed by atoms with van der Waals surface area (Å²) in [5.74, 6) is -0.769. The molecule has 0 aromatic heterocycles. The van der Waals surface area contributed by atoms with Gasteiger partial charge in [-0.25, -0.2) is 8.42 Å². The summed E-state index contributed by atoms with van der Waals surface area (Å²) in [6.45, 7) is 6.98. The predicted molar refractivity (Wildman–Crippen MR) is 178 cm³/mol. The van der Waals surface area contributed by atoms with E-state index >= 15 is 0 Å². The third kappa shape index (κ3) is 8.14. The molecule has 1 atom stereocenters. The molecule has 0 radical (unpaired) electrons. The van der Waals surface area contributed by atoms with Crippen LogP contribution < -0.4 is 9.62 Å². The number of amides is 2. The van der Waals surface area contributed by atoms with Gasteiger partial charge in [0.2, 0.25) is 11.8 Å². The zero-order valence-electron chi connectivity index (χ0n) is 25.8. The van der Waals surface area contributed by atoms with E-state index in [4.69, 9.17) is 23.2 Å². The monoisotopic (exact) mass is 657 g/mol. The van der Waals surface area contributed by atoms with Crippen molar-refractivity contribution >= 4 is 50.7 Å². The lowest BCUT2D eigenvalue weighted by atomic mass is 9.95. The van der Waals surface area contributed by atoms with Gasteiger partial charge < -0.3 is 10.2 Å². The van der Waals surface area contributed by atoms with Crippen LogP contribution in [0.3, 0.4) is 0 Å². The van der Waals surface area contributed by atoms with Gasteiger partial charge in [0, 0.05) is 22.6 Å². The highest BCUT2D eigenvalue weighted by Gasteiger charge is 2.35. The van der Waals surface area contributed by atoms with Crippen molar-refractivity contribution in [3.63, 3.8) is 0 Å². The molecule has 0 bridgehead atoms. The van der Waals surface area contributed by atoms with Gasteiger partial charge in [0.1, 0.15) is 12.6 Å². The van der Waals surface area contributed by atoms with Crippen molar-refractivity contribution < 1.29 is 18.0 Å². The molecule has 10 heteroatoms. The number of sulfonamides is 1. The molecule has 1 N–H and O–H groups in total. The van der Waals surface area contributed by atoms with Crippen molar-refractivity contribution in [2.24, 2.45) is 0 Å². The second kappa shape index (κ2) is 14.8. The first-order valence-corrected chi connectivity index (χ1v) is 17.3. The lowest BCUT2D eigenvalue weighted by Gasteiger charge is -2.35. The Hall–Kier alpha value is -3.07. The highest BCUT2D eigenvalue weighted by Crippen LogP contribution is 2.30. The van der Waals surface area contributed by atoms with Gasteiger partial charge in [-0.05, 0) is 81.5 Å². The van der Waals surface area contributed by atoms with Crippen molar-refractivity contribution in [2.45, 2.75) is 89.7 Å². The first-order chi connectivity index (χ1) is 20.9. The van der Waals surface area contributed by atoms with Gasteiger partial charge in [0.25, 0.3) is 10.0 Å². The Kier molecular flexibility index (Phi) is 11.4. The molecule has 1 fully saturated rings. The SMILES string of the molecule is CC[C@H](C(=O)NC1CCCCC1)N(Cc1ccc(Cl)cc1Cl)C(=O)CN(c1ccc(C)cc1C)S(=O)(=O)c1ccc(C)cc1. The molecule has 2 amide bonds. The number of nitrogens with one attached hydrogen (secondary N) is 1. The van der Waals surface area contributed by atoms with Crippen LogP contribution in [-0.4, -0.2) is 43.8 Å². The van der Waals surface area contributed by atoms with Crippen LogP contribution >= 0.6 is 23.2 Å². The van der Waals surface area contributed by atoms with Crippen LogP contribution in [0.15, 0.2) is 65.6 Å². The molecule has 1 aliphatic carbocycles. The Morgan fingerprint density at radius 2 is 1.57 bits per heavy atom. The summed E-state index contributed by atoms with van der Waals surface area (Å²) in [5.41, 5.74) is 3.60. The Morgan fingerprint density at radius 3 is 2.18 bits per heavy atom. The number of aryl methyl sites for hydroxylation is 3. The fourth-order valence-electron chi connectivity index (χ4n) is 5.73. The number of hydrogen-bond acceptors (Lipinski definition) is 4. The van der Waals surface area contributed by atoms with E-state index in [-0.39, 0.29) is 23.4 Å². The number of carbonyl (C=O) groups excluding carboxylic acids is 2. The Labute approximate surface area is 271 Å². The molecule has 236 valence electrons. The van der Waals surface area contributed by atoms with Gasteiger partial charge in [-0.15, -0.1) is 0 Å². The zero-order chi connectivity index (χ0) is 32.0. The van der Waals surface area contributed by atoms with Crippen LogP contribution in [0.1, 0.15) is 67.7 Å². The van der Waals surface area contributed by atoms with E-state index in [0.29, 0.717) is 33.3 Å². The minimum absolute atomic E-state index is 0.0106. The van der Waals surface area contributed by atoms with E-state index in [0.717, 1.165) is 47.5 Å². The van der Waals surface area contributed by atoms with Crippen molar-refractivity contribution in [1.29, 1.82) is 0 Å². The molecule has 0 saturated heterocycles. The molecule has 1 saturated carbocycles. The Morgan fingerprint density at radius 1 is 0.909 bits per heavy atom. The van der Waals surface area contributed by atoms with Crippen molar-refractivity contribution in [3.05, 3.63) is 93.0 Å². The van der Waals surface area contributed by atoms with E-state index < -0.39 is 28.5 Å². The maximum absolute atomic E-state index is 14.4. The number of rotatable bonds is 11. The number of hydrogen-bond donors (Lipinski definition) is 1. The lowest BCUT2D eigenvalue weighted by Crippen LogP contribution is -2.54. The molecule has 1 aliphatic rings. The fourth-order valence-corrected chi connectivity index (χ4v) is 7.68. The first-order valence-electron chi connectivity index (χ1n) is 15.1. The second-order valence-corrected chi connectivity index (χ2v) is 14.3. The predicted octanol–water partition coefficient (Wildman–Crippen LogP) is 7.37. The topological polar surface area (TPSA) is 86.8 Å². The fraction of sp³-hybridized carbons (Fsp3) is 0.412. The number of carbonyl (C=O) groups is 2. The molecule has 7 nitrogen and oxygen atoms in total. The maximum Gasteiger partial charge on any atom is 0.264 e. The van der Waals surface area contributed by atoms with Crippen LogP contribution in [0.25, 0.3) is 0 Å². The van der Waals surface area contributed by atoms with Gasteiger partial charge in [0.05, 0.1) is 10.6 Å². The number of anilines is 1. The summed E-state index contributed by atoms with van der Waals surface area (Å²) < 4.78 is 29.5. The van der Waals surface area contributed by atoms with Gasteiger partial charge in [-0.2, -0.15) is 0 Å². The summed E-state index contributed by atoms with van der Waals surface area (Å²) in [5, 5.41) is 3.96. The highest BCUT2D eigenvalue weighted by atomic mass is 35.5. The Bertz CT molecular complexity index is 1590. The number of halogens is 2. The smallest absolute Gasteiger partial charge is 0.264 e. The van der Waals surface area contributed by atoms with Crippen LogP contribution in [0.5, 0.6) is 0 Å². The summed E-state index contributed by atoms with van der Waals surface area (Å²) in [6.07, 6.45) is 5.37. The third-order valence-corrected chi connectivity index (χ3v) is 10.6. The summed E-state index contributed by atoms with van der Waals surface area (Å²) in [7, 11) is -4.16. The van der Waals surface area contributed by atoms with Crippen LogP contribution in [0, 0.1) is 20.8 Å². The number of nitrogens with zero attached hydrogens (tertiary/aromatic N) is 2. The average Bonchev–Trinajstić information content (AvgIpc) is 2.98. The second-order valence-electron chi connectivity index (χ2n) is 11.6. The summed E-state index contributed by atoms with van der Waals surface area (Å²) in [4.78, 5) is 29.6. The minimum atomic E-state index is -4.16. The summed E-state index contributed by atoms with van der Waals surface area (Å²) >= 11 is 12.7. The van der Waals surface area contributed by atoms with E-state index in [1.165, 1.54) is 4.90 Å². The highest BCUT2D eigenvalue weighted by molar-refractivity contribution is 7.92. The van der Waals surface area contributed by atoms with Crippen molar-refractivity contribution in [2.75, 3.05) is 10.8 Å². The molecule has 3 aromatic rings. The van der Waals surface area contributed by atoms with Gasteiger partial charge >= 0.3 is 0 Å². The average molecular weight is 659 g/mol. The normalized spacial score (nSPS) is 14.6. The Balaban J connectivity index is 1.75. The molecule has 4 rings (SSSR count).